The van der Waals surface area contributed by atoms with Crippen molar-refractivity contribution in [1.29, 1.82) is 0 Å². The summed E-state index contributed by atoms with van der Waals surface area (Å²) >= 11 is 0. The van der Waals surface area contributed by atoms with Gasteiger partial charge in [0, 0.05) is 6.54 Å². The van der Waals surface area contributed by atoms with E-state index in [2.05, 4.69) is 6.92 Å². The molecule has 1 N–H and O–H groups in total. The molecule has 70 valence electrons. The Morgan fingerprint density at radius 2 is 1.83 bits per heavy atom. The van der Waals surface area contributed by atoms with Gasteiger partial charge in [-0.05, 0) is 19.9 Å². The van der Waals surface area contributed by atoms with E-state index in [9.17, 15) is 5.11 Å². The Bertz CT molecular complexity index is 90.6. The molecule has 0 aliphatic rings. The second-order valence-electron chi connectivity index (χ2n) is 3.08. The van der Waals surface area contributed by atoms with Crippen LogP contribution in [0.4, 0.5) is 0 Å². The van der Waals surface area contributed by atoms with Crippen LogP contribution < -0.4 is 0 Å². The van der Waals surface area contributed by atoms with E-state index < -0.39 is 0 Å². The molecule has 1 atom stereocenters. The maximum absolute atomic E-state index is 9.35. The van der Waals surface area contributed by atoms with Gasteiger partial charge in [-0.25, -0.2) is 0 Å². The van der Waals surface area contributed by atoms with Gasteiger partial charge in [0.05, 0.1) is 0 Å². The third-order valence-electron chi connectivity index (χ3n) is 1.99. The Balaban J connectivity index is 0. The molecule has 0 bridgehead atoms. The second kappa shape index (κ2) is 10.0. The Morgan fingerprint density at radius 3 is 2.25 bits per heavy atom. The zero-order valence-electron chi connectivity index (χ0n) is 8.01. The maximum atomic E-state index is 9.35. The number of aliphatic hydroxyl groups excluding tert-OH is 1. The Hall–Kier alpha value is 0.920. The average molecular weight is 183 g/mol. The minimum atomic E-state index is -0.244. The van der Waals surface area contributed by atoms with E-state index in [0.717, 1.165) is 13.0 Å². The molecule has 0 saturated carbocycles. The monoisotopic (exact) mass is 183 g/mol. The molecule has 0 saturated heterocycles. The van der Waals surface area contributed by atoms with E-state index in [-0.39, 0.29) is 35.8 Å². The average Bonchev–Trinajstić information content (AvgIpc) is 2.03. The van der Waals surface area contributed by atoms with Crippen LogP contribution in [0.15, 0.2) is 0 Å². The van der Waals surface area contributed by atoms with Crippen LogP contribution in [0.25, 0.3) is 0 Å². The molecule has 0 heterocycles. The van der Waals surface area contributed by atoms with E-state index >= 15 is 0 Å². The summed E-state index contributed by atoms with van der Waals surface area (Å²) in [7, 11) is 1.98. The van der Waals surface area contributed by atoms with Crippen molar-refractivity contribution in [3.63, 3.8) is 0 Å². The van der Waals surface area contributed by atoms with Crippen molar-refractivity contribution in [3.05, 3.63) is 0 Å². The fourth-order valence-corrected chi connectivity index (χ4v) is 1.07. The van der Waals surface area contributed by atoms with Crippen LogP contribution in [0.5, 0.6) is 0 Å². The van der Waals surface area contributed by atoms with Crippen molar-refractivity contribution < 1.29 is 5.11 Å². The molecule has 1 unspecified atom stereocenters. The summed E-state index contributed by atoms with van der Waals surface area (Å²) < 4.78 is 0. The summed E-state index contributed by atoms with van der Waals surface area (Å²) in [5.41, 5.74) is 0. The molecule has 0 aliphatic carbocycles. The molecule has 0 aliphatic heterocycles. The van der Waals surface area contributed by atoms with Crippen LogP contribution in [-0.4, -0.2) is 59.4 Å². The minimum absolute atomic E-state index is 0. The zero-order chi connectivity index (χ0) is 8.69. The third-order valence-corrected chi connectivity index (χ3v) is 1.99. The Labute approximate surface area is 98.6 Å². The Kier molecular flexibility index (Phi) is 12.8. The molecule has 0 spiro atoms. The van der Waals surface area contributed by atoms with E-state index in [0.29, 0.717) is 0 Å². The number of hydrogen-bond donors (Lipinski definition) is 1. The van der Waals surface area contributed by atoms with Crippen LogP contribution in [-0.2, 0) is 0 Å². The molecule has 3 heteroatoms. The zero-order valence-corrected chi connectivity index (χ0v) is 8.01. The van der Waals surface area contributed by atoms with E-state index in [1.807, 2.05) is 18.9 Å². The van der Waals surface area contributed by atoms with Crippen molar-refractivity contribution in [1.82, 2.24) is 4.90 Å². The summed E-state index contributed by atoms with van der Waals surface area (Å²) in [6.45, 7) is 5.21. The van der Waals surface area contributed by atoms with Gasteiger partial charge in [-0.15, -0.1) is 0 Å². The predicted molar refractivity (Wildman–Crippen MR) is 55.6 cm³/mol. The molecule has 0 radical (unpaired) electrons. The van der Waals surface area contributed by atoms with Gasteiger partial charge in [-0.3, -0.25) is 4.90 Å². The number of rotatable bonds is 6. The molecular weight excluding hydrogens is 161 g/mol. The van der Waals surface area contributed by atoms with Gasteiger partial charge in [0.1, 0.15) is 6.23 Å². The van der Waals surface area contributed by atoms with Gasteiger partial charge in [0.15, 0.2) is 0 Å². The molecule has 2 nitrogen and oxygen atoms in total. The van der Waals surface area contributed by atoms with Crippen LogP contribution in [0.3, 0.4) is 0 Å². The van der Waals surface area contributed by atoms with Crippen molar-refractivity contribution >= 4 is 29.6 Å². The number of hydrogen-bond acceptors (Lipinski definition) is 2. The Morgan fingerprint density at radius 1 is 1.25 bits per heavy atom. The summed E-state index contributed by atoms with van der Waals surface area (Å²) in [5, 5.41) is 9.35. The van der Waals surface area contributed by atoms with Gasteiger partial charge >= 0.3 is 29.6 Å². The normalized spacial score (nSPS) is 12.8. The first-order chi connectivity index (χ1) is 5.22. The second-order valence-corrected chi connectivity index (χ2v) is 3.08. The molecule has 0 aromatic carbocycles. The summed E-state index contributed by atoms with van der Waals surface area (Å²) in [6, 6.07) is 0. The van der Waals surface area contributed by atoms with Crippen LogP contribution in [0.1, 0.15) is 39.5 Å². The molecule has 0 rings (SSSR count). The van der Waals surface area contributed by atoms with Gasteiger partial charge < -0.3 is 5.11 Å². The van der Waals surface area contributed by atoms with Crippen LogP contribution >= 0.6 is 0 Å². The topological polar surface area (TPSA) is 23.5 Å². The van der Waals surface area contributed by atoms with Gasteiger partial charge in [-0.2, -0.15) is 0 Å². The summed E-state index contributed by atoms with van der Waals surface area (Å²) in [6.07, 6.45) is 4.29. The molecule has 12 heavy (non-hydrogen) atoms. The van der Waals surface area contributed by atoms with Crippen molar-refractivity contribution in [2.75, 3.05) is 13.6 Å². The fourth-order valence-electron chi connectivity index (χ4n) is 1.07. The van der Waals surface area contributed by atoms with Crippen LogP contribution in [0, 0.1) is 0 Å². The van der Waals surface area contributed by atoms with Gasteiger partial charge in [-0.1, -0.05) is 26.7 Å². The third kappa shape index (κ3) is 7.56. The molecular formula is C9H22NNaO. The molecule has 0 aromatic heterocycles. The first-order valence-corrected chi connectivity index (χ1v) is 4.60. The van der Waals surface area contributed by atoms with E-state index in [1.54, 1.807) is 0 Å². The van der Waals surface area contributed by atoms with Crippen LogP contribution in [0.2, 0.25) is 0 Å². The summed E-state index contributed by atoms with van der Waals surface area (Å²) in [4.78, 5) is 2.01. The molecule has 0 fully saturated rings. The summed E-state index contributed by atoms with van der Waals surface area (Å²) in [5.74, 6) is 0. The standard InChI is InChI=1S/C9H21NO.Na.H/c1-4-6-7-8-10(3)9(11)5-2;;/h9,11H,4-8H2,1-3H3;;. The van der Waals surface area contributed by atoms with Crippen molar-refractivity contribution in [2.45, 2.75) is 45.8 Å². The number of unbranched alkanes of at least 4 members (excludes halogenated alkanes) is 2. The number of aliphatic hydroxyl groups is 1. The van der Waals surface area contributed by atoms with Crippen molar-refractivity contribution in [3.8, 4) is 0 Å². The first-order valence-electron chi connectivity index (χ1n) is 4.60. The van der Waals surface area contributed by atoms with Gasteiger partial charge in [0.2, 0.25) is 0 Å². The van der Waals surface area contributed by atoms with Gasteiger partial charge in [0.25, 0.3) is 0 Å². The predicted octanol–water partition coefficient (Wildman–Crippen LogP) is 1.19. The fraction of sp³-hybridized carbons (Fsp3) is 1.00. The quantitative estimate of drug-likeness (QED) is 0.380. The molecule has 0 amide bonds. The van der Waals surface area contributed by atoms with Crippen molar-refractivity contribution in [2.24, 2.45) is 0 Å². The van der Waals surface area contributed by atoms with E-state index in [4.69, 9.17) is 0 Å². The number of nitrogens with zero attached hydrogens (tertiary/aromatic N) is 1. The SMILES string of the molecule is CCCCCN(C)C(O)CC.[NaH]. The van der Waals surface area contributed by atoms with E-state index in [1.165, 1.54) is 19.3 Å². The molecule has 0 aromatic rings. The first kappa shape index (κ1) is 15.4.